The Bertz CT molecular complexity index is 627. The molecule has 19 heavy (non-hydrogen) atoms. The second-order valence-electron chi connectivity index (χ2n) is 4.68. The molecule has 0 bridgehead atoms. The first-order valence-corrected chi connectivity index (χ1v) is 6.80. The number of hydrogen-bond donors (Lipinski definition) is 1. The molecular weight excluding hydrogens is 306 g/mol. The van der Waals surface area contributed by atoms with E-state index in [0.29, 0.717) is 5.82 Å². The lowest BCUT2D eigenvalue weighted by molar-refractivity contribution is 0.412. The van der Waals surface area contributed by atoms with E-state index in [1.807, 2.05) is 20.0 Å². The van der Waals surface area contributed by atoms with E-state index in [1.165, 1.54) is 5.56 Å². The number of rotatable bonds is 2. The van der Waals surface area contributed by atoms with Crippen molar-refractivity contribution in [1.82, 2.24) is 9.78 Å². The summed E-state index contributed by atoms with van der Waals surface area (Å²) >= 11 is 3.65. The van der Waals surface area contributed by atoms with Crippen LogP contribution in [0.4, 0.5) is 5.82 Å². The quantitative estimate of drug-likeness (QED) is 0.921. The van der Waals surface area contributed by atoms with Crippen molar-refractivity contribution in [2.24, 2.45) is 7.05 Å². The van der Waals surface area contributed by atoms with Crippen LogP contribution >= 0.6 is 15.9 Å². The Morgan fingerprint density at radius 1 is 1.21 bits per heavy atom. The van der Waals surface area contributed by atoms with E-state index in [4.69, 9.17) is 10.5 Å². The van der Waals surface area contributed by atoms with Crippen molar-refractivity contribution in [2.45, 2.75) is 20.8 Å². The molecule has 2 N–H and O–H groups in total. The third-order valence-electron chi connectivity index (χ3n) is 3.54. The van der Waals surface area contributed by atoms with Crippen LogP contribution in [0.2, 0.25) is 0 Å². The van der Waals surface area contributed by atoms with Gasteiger partial charge in [0.2, 0.25) is 0 Å². The van der Waals surface area contributed by atoms with Crippen molar-refractivity contribution >= 4 is 21.7 Å². The van der Waals surface area contributed by atoms with E-state index in [2.05, 4.69) is 34.9 Å². The van der Waals surface area contributed by atoms with E-state index in [-0.39, 0.29) is 0 Å². The monoisotopic (exact) mass is 323 g/mol. The Labute approximate surface area is 121 Å². The topological polar surface area (TPSA) is 53.1 Å². The van der Waals surface area contributed by atoms with Gasteiger partial charge >= 0.3 is 0 Å². The zero-order chi connectivity index (χ0) is 14.3. The summed E-state index contributed by atoms with van der Waals surface area (Å²) in [6.07, 6.45) is 0. The lowest BCUT2D eigenvalue weighted by Gasteiger charge is -2.17. The van der Waals surface area contributed by atoms with Gasteiger partial charge in [0, 0.05) is 23.2 Å². The van der Waals surface area contributed by atoms with Gasteiger partial charge in [-0.25, -0.2) is 0 Å². The molecule has 0 amide bonds. The van der Waals surface area contributed by atoms with Crippen LogP contribution in [0.25, 0.3) is 11.3 Å². The SMILES string of the molecule is COc1c(C)c(C)c(Br)c(C)c1-c1cc(N)n(C)n1. The largest absolute Gasteiger partial charge is 0.496 e. The summed E-state index contributed by atoms with van der Waals surface area (Å²) in [5.74, 6) is 1.49. The molecule has 0 spiro atoms. The summed E-state index contributed by atoms with van der Waals surface area (Å²) in [6.45, 7) is 6.18. The molecule has 0 saturated carbocycles. The molecule has 0 unspecified atom stereocenters. The molecule has 4 nitrogen and oxygen atoms in total. The van der Waals surface area contributed by atoms with Crippen molar-refractivity contribution in [2.75, 3.05) is 12.8 Å². The van der Waals surface area contributed by atoms with Crippen LogP contribution in [-0.2, 0) is 7.05 Å². The summed E-state index contributed by atoms with van der Waals surface area (Å²) in [4.78, 5) is 0. The molecule has 1 aromatic carbocycles. The Morgan fingerprint density at radius 2 is 1.84 bits per heavy atom. The number of halogens is 1. The lowest BCUT2D eigenvalue weighted by atomic mass is 9.97. The zero-order valence-corrected chi connectivity index (χ0v) is 13.4. The van der Waals surface area contributed by atoms with Crippen molar-refractivity contribution in [3.63, 3.8) is 0 Å². The second kappa shape index (κ2) is 4.89. The Hall–Kier alpha value is -1.49. The van der Waals surface area contributed by atoms with E-state index in [1.54, 1.807) is 11.8 Å². The number of nitrogen functional groups attached to an aromatic ring is 1. The molecule has 0 aliphatic rings. The second-order valence-corrected chi connectivity index (χ2v) is 5.47. The molecule has 102 valence electrons. The summed E-state index contributed by atoms with van der Waals surface area (Å²) in [7, 11) is 3.52. The molecule has 5 heteroatoms. The normalized spacial score (nSPS) is 10.8. The van der Waals surface area contributed by atoms with Crippen LogP contribution in [-0.4, -0.2) is 16.9 Å². The first-order valence-electron chi connectivity index (χ1n) is 6.01. The average molecular weight is 324 g/mol. The number of nitrogens with zero attached hydrogens (tertiary/aromatic N) is 2. The van der Waals surface area contributed by atoms with Gasteiger partial charge in [0.25, 0.3) is 0 Å². The smallest absolute Gasteiger partial charge is 0.131 e. The molecule has 0 atom stereocenters. The van der Waals surface area contributed by atoms with E-state index in [0.717, 1.165) is 32.6 Å². The maximum Gasteiger partial charge on any atom is 0.131 e. The van der Waals surface area contributed by atoms with Crippen LogP contribution in [0, 0.1) is 20.8 Å². The predicted molar refractivity (Wildman–Crippen MR) is 81.5 cm³/mol. The van der Waals surface area contributed by atoms with E-state index >= 15 is 0 Å². The van der Waals surface area contributed by atoms with Crippen LogP contribution in [0.1, 0.15) is 16.7 Å². The fourth-order valence-electron chi connectivity index (χ4n) is 2.25. The van der Waals surface area contributed by atoms with Crippen molar-refractivity contribution in [3.05, 3.63) is 27.2 Å². The van der Waals surface area contributed by atoms with Gasteiger partial charge in [-0.2, -0.15) is 5.10 Å². The summed E-state index contributed by atoms with van der Waals surface area (Å²) in [5, 5.41) is 4.45. The van der Waals surface area contributed by atoms with Crippen molar-refractivity contribution in [3.8, 4) is 17.0 Å². The third-order valence-corrected chi connectivity index (χ3v) is 4.73. The van der Waals surface area contributed by atoms with Crippen molar-refractivity contribution in [1.29, 1.82) is 0 Å². The van der Waals surface area contributed by atoms with Gasteiger partial charge in [-0.1, -0.05) is 15.9 Å². The summed E-state index contributed by atoms with van der Waals surface area (Å²) < 4.78 is 8.34. The first kappa shape index (κ1) is 13.9. The zero-order valence-electron chi connectivity index (χ0n) is 11.8. The predicted octanol–water partition coefficient (Wildman–Crippen LogP) is 3.37. The number of methoxy groups -OCH3 is 1. The minimum Gasteiger partial charge on any atom is -0.496 e. The van der Waals surface area contributed by atoms with Crippen LogP contribution in [0.15, 0.2) is 10.5 Å². The highest BCUT2D eigenvalue weighted by atomic mass is 79.9. The minimum atomic E-state index is 0.630. The number of ether oxygens (including phenoxy) is 1. The number of benzene rings is 1. The van der Waals surface area contributed by atoms with Crippen LogP contribution in [0.5, 0.6) is 5.75 Å². The molecule has 1 aromatic heterocycles. The fourth-order valence-corrected chi connectivity index (χ4v) is 2.75. The van der Waals surface area contributed by atoms with Crippen molar-refractivity contribution < 1.29 is 4.74 Å². The minimum absolute atomic E-state index is 0.630. The molecule has 2 aromatic rings. The van der Waals surface area contributed by atoms with Crippen LogP contribution in [0.3, 0.4) is 0 Å². The highest BCUT2D eigenvalue weighted by Crippen LogP contribution is 2.41. The number of aryl methyl sites for hydroxylation is 1. The number of anilines is 1. The van der Waals surface area contributed by atoms with Gasteiger partial charge in [0.15, 0.2) is 0 Å². The molecule has 0 fully saturated rings. The van der Waals surface area contributed by atoms with Gasteiger partial charge in [0.1, 0.15) is 11.6 Å². The maximum atomic E-state index is 5.87. The molecule has 0 aliphatic heterocycles. The summed E-state index contributed by atoms with van der Waals surface area (Å²) in [5.41, 5.74) is 11.1. The Balaban J connectivity index is 2.82. The third kappa shape index (κ3) is 2.12. The van der Waals surface area contributed by atoms with Crippen LogP contribution < -0.4 is 10.5 Å². The molecule has 1 heterocycles. The van der Waals surface area contributed by atoms with Gasteiger partial charge in [0.05, 0.1) is 12.8 Å². The Morgan fingerprint density at radius 3 is 2.32 bits per heavy atom. The maximum absolute atomic E-state index is 5.87. The number of nitrogens with two attached hydrogens (primary N) is 1. The summed E-state index contributed by atoms with van der Waals surface area (Å²) in [6, 6.07) is 1.87. The molecule has 0 saturated heterocycles. The molecular formula is C14H18BrN3O. The highest BCUT2D eigenvalue weighted by molar-refractivity contribution is 9.10. The first-order chi connectivity index (χ1) is 8.88. The number of hydrogen-bond acceptors (Lipinski definition) is 3. The highest BCUT2D eigenvalue weighted by Gasteiger charge is 2.20. The Kier molecular flexibility index (Phi) is 3.58. The lowest BCUT2D eigenvalue weighted by Crippen LogP contribution is -2.00. The molecule has 2 rings (SSSR count). The molecule has 0 radical (unpaired) electrons. The van der Waals surface area contributed by atoms with Gasteiger partial charge in [-0.3, -0.25) is 4.68 Å². The standard InChI is InChI=1S/C14H18BrN3O/c1-7-8(2)14(19-5)12(9(3)13(7)15)10-6-11(16)18(4)17-10/h6H,16H2,1-5H3. The fraction of sp³-hybridized carbons (Fsp3) is 0.357. The average Bonchev–Trinajstić information content (AvgIpc) is 2.70. The number of aromatic nitrogens is 2. The van der Waals surface area contributed by atoms with Gasteiger partial charge < -0.3 is 10.5 Å². The van der Waals surface area contributed by atoms with E-state index in [9.17, 15) is 0 Å². The molecule has 0 aliphatic carbocycles. The van der Waals surface area contributed by atoms with E-state index < -0.39 is 0 Å². The van der Waals surface area contributed by atoms with Gasteiger partial charge in [-0.15, -0.1) is 0 Å². The van der Waals surface area contributed by atoms with Gasteiger partial charge in [-0.05, 0) is 37.5 Å².